The highest BCUT2D eigenvalue weighted by molar-refractivity contribution is 7.91. The first-order chi connectivity index (χ1) is 48.4. The minimum Gasteiger partial charge on any atom is -0.491 e. The second-order valence-electron chi connectivity index (χ2n) is 24.8. The van der Waals surface area contributed by atoms with Crippen LogP contribution in [0, 0.1) is 17.8 Å². The molecule has 30 nitrogen and oxygen atoms in total. The predicted octanol–water partition coefficient (Wildman–Crippen LogP) is 6.66. The number of nitrogens with one attached hydrogen (secondary N) is 3. The van der Waals surface area contributed by atoms with Gasteiger partial charge in [0, 0.05) is 36.5 Å². The van der Waals surface area contributed by atoms with Crippen LogP contribution in [0.25, 0.3) is 0 Å². The molecule has 12 rings (SSSR count). The number of aromatic nitrogens is 3. The molecule has 0 saturated heterocycles. The summed E-state index contributed by atoms with van der Waals surface area (Å²) in [6.45, 7) is 6.10. The average Bonchev–Trinajstić information content (AvgIpc) is 1.61. The molecule has 6 aliphatic rings. The van der Waals surface area contributed by atoms with Gasteiger partial charge in [0.2, 0.25) is 17.7 Å². The highest BCUT2D eigenvalue weighted by Crippen LogP contribution is 2.43. The molecule has 540 valence electrons. The van der Waals surface area contributed by atoms with Crippen LogP contribution in [0.5, 0.6) is 34.9 Å². The molecule has 1 unspecified atom stereocenters. The van der Waals surface area contributed by atoms with Crippen LogP contribution in [-0.2, 0) is 43.9 Å². The first-order valence-corrected chi connectivity index (χ1v) is 38.6. The van der Waals surface area contributed by atoms with Crippen LogP contribution in [0.15, 0.2) is 91.0 Å². The molecular formula is C69H75N9O21S3. The third-order valence-electron chi connectivity index (χ3n) is 16.8. The van der Waals surface area contributed by atoms with Gasteiger partial charge in [-0.3, -0.25) is 57.9 Å². The minimum absolute atomic E-state index is 0.0403. The van der Waals surface area contributed by atoms with E-state index in [1.54, 1.807) is 75.4 Å². The molecule has 3 aromatic carbocycles. The van der Waals surface area contributed by atoms with Crippen molar-refractivity contribution in [3.05, 3.63) is 141 Å². The number of carbonyl (C=O) groups excluding carboxylic acids is 9. The van der Waals surface area contributed by atoms with Gasteiger partial charge in [-0.1, -0.05) is 18.2 Å². The number of carbonyl (C=O) groups is 9. The number of nitrogens with zero attached hydrogens (tertiary/aromatic N) is 6. The first-order valence-electron chi connectivity index (χ1n) is 32.4. The van der Waals surface area contributed by atoms with Gasteiger partial charge in [-0.25, -0.2) is 40.2 Å². The summed E-state index contributed by atoms with van der Waals surface area (Å²) >= 11 is 0. The Morgan fingerprint density at radius 1 is 0.402 bits per heavy atom. The molecule has 3 aliphatic carbocycles. The van der Waals surface area contributed by atoms with Crippen molar-refractivity contribution in [1.29, 1.82) is 0 Å². The standard InChI is InChI=1S/3C23H25N3O7S/c3*1-4-33-21-18(32-2)11-10-15(25-21)17(12-34(3,30)31)26-22(28)14-6-5-7-16(19(14)23(26)29)24-20(27)13-8-9-13/h3*5-7,10-11,13,17H,4,8-9,12H2,1-3H3,(H,24,27)/t2*17-;/m10./s1. The number of fused-ring (bicyclic) bond motifs is 3. The maximum Gasteiger partial charge on any atom is 0.264 e. The minimum atomic E-state index is -3.64. The van der Waals surface area contributed by atoms with Crippen molar-refractivity contribution in [3.8, 4) is 34.9 Å². The molecular weight excluding hydrogens is 1390 g/mol. The van der Waals surface area contributed by atoms with Gasteiger partial charge >= 0.3 is 0 Å². The highest BCUT2D eigenvalue weighted by atomic mass is 32.2. The van der Waals surface area contributed by atoms with E-state index >= 15 is 0 Å². The van der Waals surface area contributed by atoms with E-state index in [1.165, 1.54) is 57.7 Å². The number of rotatable bonds is 27. The van der Waals surface area contributed by atoms with E-state index < -0.39 is 100 Å². The summed E-state index contributed by atoms with van der Waals surface area (Å²) in [7, 11) is -6.61. The van der Waals surface area contributed by atoms with Gasteiger partial charge in [0.1, 0.15) is 29.5 Å². The Hall–Kier alpha value is -10.4. The van der Waals surface area contributed by atoms with Crippen LogP contribution in [-0.4, -0.2) is 185 Å². The number of pyridine rings is 3. The second kappa shape index (κ2) is 30.4. The Morgan fingerprint density at radius 2 is 0.647 bits per heavy atom. The normalized spacial score (nSPS) is 16.3. The Bertz CT molecular complexity index is 4280. The number of benzene rings is 3. The van der Waals surface area contributed by atoms with E-state index in [1.807, 2.05) is 0 Å². The lowest BCUT2D eigenvalue weighted by Gasteiger charge is -2.26. The van der Waals surface area contributed by atoms with Crippen molar-refractivity contribution in [2.45, 2.75) is 77.4 Å². The molecule has 3 N–H and O–H groups in total. The van der Waals surface area contributed by atoms with Crippen LogP contribution >= 0.6 is 0 Å². The van der Waals surface area contributed by atoms with Crippen molar-refractivity contribution in [2.75, 3.05) is 93.1 Å². The summed E-state index contributed by atoms with van der Waals surface area (Å²) < 4.78 is 106. The van der Waals surface area contributed by atoms with E-state index in [0.29, 0.717) is 17.2 Å². The number of methoxy groups -OCH3 is 3. The average molecular weight is 1460 g/mol. The smallest absolute Gasteiger partial charge is 0.264 e. The molecule has 3 aromatic heterocycles. The van der Waals surface area contributed by atoms with Crippen LogP contribution in [0.3, 0.4) is 0 Å². The van der Waals surface area contributed by atoms with Crippen LogP contribution < -0.4 is 44.4 Å². The lowest BCUT2D eigenvalue weighted by Crippen LogP contribution is -2.38. The third-order valence-corrected chi connectivity index (χ3v) is 19.6. The molecule has 0 spiro atoms. The van der Waals surface area contributed by atoms with Gasteiger partial charge in [-0.05, 0) is 132 Å². The van der Waals surface area contributed by atoms with Crippen molar-refractivity contribution in [3.63, 3.8) is 0 Å². The van der Waals surface area contributed by atoms with Crippen molar-refractivity contribution < 1.29 is 96.8 Å². The number of anilines is 3. The number of ether oxygens (including phenoxy) is 6. The summed E-state index contributed by atoms with van der Waals surface area (Å²) in [5.74, 6) is -5.26. The molecule has 0 bridgehead atoms. The summed E-state index contributed by atoms with van der Waals surface area (Å²) in [6, 6.07) is 19.3. The summed E-state index contributed by atoms with van der Waals surface area (Å²) in [4.78, 5) is 133. The van der Waals surface area contributed by atoms with Gasteiger partial charge in [0.25, 0.3) is 53.1 Å². The van der Waals surface area contributed by atoms with E-state index in [2.05, 4.69) is 30.9 Å². The number of hydrogen-bond acceptors (Lipinski definition) is 24. The molecule has 33 heteroatoms. The Labute approximate surface area is 587 Å². The van der Waals surface area contributed by atoms with E-state index in [9.17, 15) is 68.4 Å². The molecule has 102 heavy (non-hydrogen) atoms. The topological polar surface area (TPSA) is 396 Å². The van der Waals surface area contributed by atoms with Gasteiger partial charge in [-0.15, -0.1) is 0 Å². The van der Waals surface area contributed by atoms with Crippen LogP contribution in [0.1, 0.15) is 157 Å². The molecule has 3 fully saturated rings. The fourth-order valence-electron chi connectivity index (χ4n) is 11.6. The molecule has 3 saturated carbocycles. The summed E-state index contributed by atoms with van der Waals surface area (Å²) in [6.07, 6.45) is 7.74. The molecule has 3 aliphatic heterocycles. The van der Waals surface area contributed by atoms with E-state index in [-0.39, 0.29) is 140 Å². The second-order valence-corrected chi connectivity index (χ2v) is 31.3. The Kier molecular flexibility index (Phi) is 22.2. The van der Waals surface area contributed by atoms with Gasteiger partial charge in [0.05, 0.1) is 144 Å². The zero-order valence-corrected chi connectivity index (χ0v) is 59.5. The highest BCUT2D eigenvalue weighted by Gasteiger charge is 2.48. The summed E-state index contributed by atoms with van der Waals surface area (Å²) in [5, 5.41) is 8.20. The fourth-order valence-corrected chi connectivity index (χ4v) is 14.3. The zero-order valence-electron chi connectivity index (χ0n) is 57.1. The summed E-state index contributed by atoms with van der Waals surface area (Å²) in [5.41, 5.74) is 1.56. The number of amides is 9. The maximum absolute atomic E-state index is 13.5. The maximum atomic E-state index is 13.5. The number of sulfone groups is 3. The Balaban J connectivity index is 0.000000165. The van der Waals surface area contributed by atoms with Crippen molar-refractivity contribution >= 4 is 99.7 Å². The molecule has 3 atom stereocenters. The van der Waals surface area contributed by atoms with Crippen LogP contribution in [0.4, 0.5) is 17.1 Å². The third kappa shape index (κ3) is 16.6. The Morgan fingerprint density at radius 3 is 0.853 bits per heavy atom. The lowest BCUT2D eigenvalue weighted by atomic mass is 10.1. The van der Waals surface area contributed by atoms with Gasteiger partial charge in [0.15, 0.2) is 17.2 Å². The quantitative estimate of drug-likeness (QED) is 0.0454. The lowest BCUT2D eigenvalue weighted by molar-refractivity contribution is -0.118. The van der Waals surface area contributed by atoms with E-state index in [4.69, 9.17) is 28.4 Å². The monoisotopic (exact) mass is 1460 g/mol. The van der Waals surface area contributed by atoms with Gasteiger partial charge in [-0.2, -0.15) is 0 Å². The van der Waals surface area contributed by atoms with Gasteiger partial charge < -0.3 is 44.4 Å². The molecule has 6 aromatic rings. The van der Waals surface area contributed by atoms with E-state index in [0.717, 1.165) is 72.0 Å². The zero-order chi connectivity index (χ0) is 73.9. The number of imide groups is 3. The fraction of sp³-hybridized carbons (Fsp3) is 0.391. The molecule has 0 radical (unpaired) electrons. The first kappa shape index (κ1) is 74.3. The largest absolute Gasteiger partial charge is 0.491 e. The van der Waals surface area contributed by atoms with Crippen molar-refractivity contribution in [1.82, 2.24) is 29.7 Å². The molecule has 6 heterocycles. The number of hydrogen-bond donors (Lipinski definition) is 3. The molecule has 9 amide bonds. The predicted molar refractivity (Wildman–Crippen MR) is 368 cm³/mol. The SMILES string of the molecule is CCOc1nc(C(CS(C)(=O)=O)N2C(=O)c3cccc(NC(=O)C4CC4)c3C2=O)ccc1OC.CCOc1nc([C@@H](CS(C)(=O)=O)N2C(=O)c3cccc(NC(=O)C4CC4)c3C2=O)ccc1OC.CCOc1nc([C@H](CS(C)(=O)=O)N2C(=O)c3cccc(NC(=O)C4CC4)c3C2=O)ccc1OC. The van der Waals surface area contributed by atoms with Crippen molar-refractivity contribution in [2.24, 2.45) is 17.8 Å². The van der Waals surface area contributed by atoms with Crippen LogP contribution in [0.2, 0.25) is 0 Å².